The first-order chi connectivity index (χ1) is 11.1. The molecule has 1 heterocycles. The number of anilines is 1. The van der Waals surface area contributed by atoms with E-state index in [-0.39, 0.29) is 6.04 Å². The molecule has 0 saturated carbocycles. The highest BCUT2D eigenvalue weighted by Crippen LogP contribution is 2.33. The van der Waals surface area contributed by atoms with Crippen molar-refractivity contribution < 1.29 is 4.74 Å². The van der Waals surface area contributed by atoms with Gasteiger partial charge < -0.3 is 10.5 Å². The molecule has 0 aliphatic carbocycles. The third kappa shape index (κ3) is 3.37. The summed E-state index contributed by atoms with van der Waals surface area (Å²) in [6.07, 6.45) is 1.81. The molecule has 2 aromatic carbocycles. The van der Waals surface area contributed by atoms with Crippen LogP contribution in [0.15, 0.2) is 60.8 Å². The Morgan fingerprint density at radius 1 is 1.09 bits per heavy atom. The van der Waals surface area contributed by atoms with Gasteiger partial charge in [0.15, 0.2) is 0 Å². The lowest BCUT2D eigenvalue weighted by molar-refractivity contribution is 0.307. The lowest BCUT2D eigenvalue weighted by atomic mass is 10.1. The lowest BCUT2D eigenvalue weighted by Gasteiger charge is -2.15. The lowest BCUT2D eigenvalue weighted by Crippen LogP contribution is -2.06. The van der Waals surface area contributed by atoms with Crippen molar-refractivity contribution in [1.29, 1.82) is 0 Å². The van der Waals surface area contributed by atoms with Crippen LogP contribution in [-0.4, -0.2) is 9.78 Å². The molecule has 4 nitrogen and oxygen atoms in total. The second-order valence-electron chi connectivity index (χ2n) is 5.78. The highest BCUT2D eigenvalue weighted by Gasteiger charge is 2.13. The first kappa shape index (κ1) is 15.2. The monoisotopic (exact) mass is 307 g/mol. The fraction of sp³-hybridized carbons (Fsp3) is 0.211. The number of hydrogen-bond donors (Lipinski definition) is 1. The molecule has 3 rings (SSSR count). The number of rotatable bonds is 5. The van der Waals surface area contributed by atoms with Gasteiger partial charge in [0.25, 0.3) is 0 Å². The fourth-order valence-electron chi connectivity index (χ4n) is 2.54. The van der Waals surface area contributed by atoms with Gasteiger partial charge in [-0.05, 0) is 37.6 Å². The number of nitrogens with two attached hydrogens (primary N) is 1. The van der Waals surface area contributed by atoms with E-state index in [4.69, 9.17) is 10.5 Å². The molecule has 0 aliphatic rings. The van der Waals surface area contributed by atoms with Crippen molar-refractivity contribution in [3.05, 3.63) is 66.4 Å². The normalized spacial score (nSPS) is 10.9. The highest BCUT2D eigenvalue weighted by molar-refractivity contribution is 5.70. The fourth-order valence-corrected chi connectivity index (χ4v) is 2.54. The zero-order chi connectivity index (χ0) is 16.2. The van der Waals surface area contributed by atoms with E-state index in [1.54, 1.807) is 0 Å². The third-order valence-corrected chi connectivity index (χ3v) is 3.68. The van der Waals surface area contributed by atoms with E-state index in [0.29, 0.717) is 12.3 Å². The molecule has 1 aromatic heterocycles. The minimum atomic E-state index is 0.277. The van der Waals surface area contributed by atoms with Crippen molar-refractivity contribution in [2.45, 2.75) is 26.5 Å². The van der Waals surface area contributed by atoms with Gasteiger partial charge in [-0.2, -0.15) is 5.10 Å². The molecule has 0 atom stereocenters. The Morgan fingerprint density at radius 3 is 2.61 bits per heavy atom. The van der Waals surface area contributed by atoms with Gasteiger partial charge >= 0.3 is 0 Å². The summed E-state index contributed by atoms with van der Waals surface area (Å²) >= 11 is 0. The smallest absolute Gasteiger partial charge is 0.131 e. The average Bonchev–Trinajstić information content (AvgIpc) is 3.03. The topological polar surface area (TPSA) is 53.1 Å². The van der Waals surface area contributed by atoms with Crippen molar-refractivity contribution in [3.63, 3.8) is 0 Å². The first-order valence-electron chi connectivity index (χ1n) is 7.75. The molecule has 0 spiro atoms. The van der Waals surface area contributed by atoms with Crippen LogP contribution in [0.1, 0.15) is 25.5 Å². The number of ether oxygens (including phenoxy) is 1. The maximum atomic E-state index is 6.04. The van der Waals surface area contributed by atoms with E-state index in [1.807, 2.05) is 65.5 Å². The SMILES string of the molecule is CC(C)n1nccc1-c1ccc(N)cc1OCc1ccccc1. The summed E-state index contributed by atoms with van der Waals surface area (Å²) in [4.78, 5) is 0. The summed E-state index contributed by atoms with van der Waals surface area (Å²) in [5.74, 6) is 0.774. The van der Waals surface area contributed by atoms with Crippen LogP contribution in [0.25, 0.3) is 11.3 Å². The number of aromatic nitrogens is 2. The van der Waals surface area contributed by atoms with E-state index >= 15 is 0 Å². The van der Waals surface area contributed by atoms with Gasteiger partial charge in [-0.15, -0.1) is 0 Å². The quantitative estimate of drug-likeness (QED) is 0.715. The summed E-state index contributed by atoms with van der Waals surface area (Å²) in [6, 6.07) is 18.1. The Hall–Kier alpha value is -2.75. The van der Waals surface area contributed by atoms with E-state index in [1.165, 1.54) is 0 Å². The molecule has 0 aliphatic heterocycles. The van der Waals surface area contributed by atoms with E-state index < -0.39 is 0 Å². The molecular weight excluding hydrogens is 286 g/mol. The molecular formula is C19H21N3O. The maximum Gasteiger partial charge on any atom is 0.131 e. The average molecular weight is 307 g/mol. The molecule has 2 N–H and O–H groups in total. The third-order valence-electron chi connectivity index (χ3n) is 3.68. The Labute approximate surface area is 136 Å². The van der Waals surface area contributed by atoms with Crippen molar-refractivity contribution in [2.75, 3.05) is 5.73 Å². The summed E-state index contributed by atoms with van der Waals surface area (Å²) < 4.78 is 8.03. The van der Waals surface area contributed by atoms with Crippen molar-refractivity contribution in [3.8, 4) is 17.0 Å². The largest absolute Gasteiger partial charge is 0.488 e. The Morgan fingerprint density at radius 2 is 1.87 bits per heavy atom. The van der Waals surface area contributed by atoms with E-state index in [2.05, 4.69) is 18.9 Å². The van der Waals surface area contributed by atoms with E-state index in [0.717, 1.165) is 22.6 Å². The molecule has 0 saturated heterocycles. The zero-order valence-corrected chi connectivity index (χ0v) is 13.4. The van der Waals surface area contributed by atoms with Gasteiger partial charge in [-0.25, -0.2) is 0 Å². The summed E-state index contributed by atoms with van der Waals surface area (Å²) in [7, 11) is 0. The first-order valence-corrected chi connectivity index (χ1v) is 7.75. The Bertz CT molecular complexity index is 778. The highest BCUT2D eigenvalue weighted by atomic mass is 16.5. The van der Waals surface area contributed by atoms with Crippen LogP contribution in [0.4, 0.5) is 5.69 Å². The molecule has 23 heavy (non-hydrogen) atoms. The van der Waals surface area contributed by atoms with Crippen LogP contribution >= 0.6 is 0 Å². The predicted molar refractivity (Wildman–Crippen MR) is 93.2 cm³/mol. The van der Waals surface area contributed by atoms with Crippen molar-refractivity contribution in [2.24, 2.45) is 0 Å². The molecule has 4 heteroatoms. The number of hydrogen-bond acceptors (Lipinski definition) is 3. The number of benzene rings is 2. The van der Waals surface area contributed by atoms with Gasteiger partial charge in [0.1, 0.15) is 12.4 Å². The summed E-state index contributed by atoms with van der Waals surface area (Å²) in [6.45, 7) is 4.73. The zero-order valence-electron chi connectivity index (χ0n) is 13.4. The maximum absolute atomic E-state index is 6.04. The standard InChI is InChI=1S/C19H21N3O/c1-14(2)22-18(10-11-21-22)17-9-8-16(20)12-19(17)23-13-15-6-4-3-5-7-15/h3-12,14H,13,20H2,1-2H3. The van der Waals surface area contributed by atoms with E-state index in [9.17, 15) is 0 Å². The van der Waals surface area contributed by atoms with Gasteiger partial charge in [-0.1, -0.05) is 30.3 Å². The Kier molecular flexibility index (Phi) is 4.33. The second kappa shape index (κ2) is 6.57. The van der Waals surface area contributed by atoms with Crippen LogP contribution in [-0.2, 0) is 6.61 Å². The van der Waals surface area contributed by atoms with Gasteiger partial charge in [0.05, 0.1) is 5.69 Å². The van der Waals surface area contributed by atoms with Crippen LogP contribution in [0.2, 0.25) is 0 Å². The van der Waals surface area contributed by atoms with Crippen molar-refractivity contribution >= 4 is 5.69 Å². The number of nitrogen functional groups attached to an aromatic ring is 1. The van der Waals surface area contributed by atoms with Crippen LogP contribution in [0.3, 0.4) is 0 Å². The molecule has 0 amide bonds. The van der Waals surface area contributed by atoms with Gasteiger partial charge in [-0.3, -0.25) is 4.68 Å². The van der Waals surface area contributed by atoms with Crippen LogP contribution < -0.4 is 10.5 Å². The molecule has 0 fully saturated rings. The predicted octanol–water partition coefficient (Wildman–Crippen LogP) is 4.29. The summed E-state index contributed by atoms with van der Waals surface area (Å²) in [5.41, 5.74) is 9.79. The molecule has 0 unspecified atom stereocenters. The van der Waals surface area contributed by atoms with Crippen LogP contribution in [0.5, 0.6) is 5.75 Å². The second-order valence-corrected chi connectivity index (χ2v) is 5.78. The van der Waals surface area contributed by atoms with Crippen molar-refractivity contribution in [1.82, 2.24) is 9.78 Å². The minimum absolute atomic E-state index is 0.277. The van der Waals surface area contributed by atoms with Gasteiger partial charge in [0.2, 0.25) is 0 Å². The van der Waals surface area contributed by atoms with Crippen LogP contribution in [0, 0.1) is 0 Å². The molecule has 3 aromatic rings. The Balaban J connectivity index is 1.93. The number of nitrogens with zero attached hydrogens (tertiary/aromatic N) is 2. The summed E-state index contributed by atoms with van der Waals surface area (Å²) in [5, 5.41) is 4.40. The van der Waals surface area contributed by atoms with Gasteiger partial charge in [0, 0.05) is 29.6 Å². The minimum Gasteiger partial charge on any atom is -0.488 e. The molecule has 118 valence electrons. The molecule has 0 bridgehead atoms. The molecule has 0 radical (unpaired) electrons.